The minimum atomic E-state index is -0.969. The third-order valence-electron chi connectivity index (χ3n) is 2.64. The van der Waals surface area contributed by atoms with Gasteiger partial charge in [-0.2, -0.15) is 0 Å². The fourth-order valence-corrected chi connectivity index (χ4v) is 2.84. The summed E-state index contributed by atoms with van der Waals surface area (Å²) in [6.45, 7) is 2.09. The quantitative estimate of drug-likeness (QED) is 0.864. The number of urea groups is 1. The van der Waals surface area contributed by atoms with E-state index in [1.54, 1.807) is 6.07 Å². The van der Waals surface area contributed by atoms with Gasteiger partial charge in [0.15, 0.2) is 0 Å². The molecule has 2 heterocycles. The second kappa shape index (κ2) is 5.34. The number of carboxylic acid groups (broad SMARTS) is 1. The summed E-state index contributed by atoms with van der Waals surface area (Å²) in [7, 11) is 0. The number of hydrogen-bond donors (Lipinski definition) is 2. The van der Waals surface area contributed by atoms with Crippen molar-refractivity contribution in [3.63, 3.8) is 0 Å². The van der Waals surface area contributed by atoms with Crippen molar-refractivity contribution >= 4 is 23.8 Å². The summed E-state index contributed by atoms with van der Waals surface area (Å²) in [5, 5.41) is 11.6. The molecule has 1 aromatic heterocycles. The zero-order valence-corrected chi connectivity index (χ0v) is 10.7. The van der Waals surface area contributed by atoms with Crippen molar-refractivity contribution < 1.29 is 19.1 Å². The number of thioether (sulfide) groups is 1. The second-order valence-corrected chi connectivity index (χ2v) is 4.99. The molecule has 18 heavy (non-hydrogen) atoms. The number of aryl methyl sites for hydroxylation is 1. The highest BCUT2D eigenvalue weighted by atomic mass is 32.2. The molecule has 2 amide bonds. The Morgan fingerprint density at radius 3 is 3.00 bits per heavy atom. The fraction of sp³-hybridized carbons (Fsp3) is 0.455. The lowest BCUT2D eigenvalue weighted by Crippen LogP contribution is -2.46. The molecule has 0 aliphatic carbocycles. The maximum absolute atomic E-state index is 11.8. The Kier molecular flexibility index (Phi) is 3.81. The summed E-state index contributed by atoms with van der Waals surface area (Å²) in [6.07, 6.45) is 0. The highest BCUT2D eigenvalue weighted by molar-refractivity contribution is 7.99. The third kappa shape index (κ3) is 2.79. The number of carbonyl (C=O) groups excluding carboxylic acids is 1. The maximum Gasteiger partial charge on any atom is 0.327 e. The van der Waals surface area contributed by atoms with Gasteiger partial charge in [0, 0.05) is 5.75 Å². The topological polar surface area (TPSA) is 82.8 Å². The van der Waals surface area contributed by atoms with E-state index in [4.69, 9.17) is 9.52 Å². The lowest BCUT2D eigenvalue weighted by Gasteiger charge is -2.20. The SMILES string of the molecule is Cc1ccc(CNC(=O)N2CSCC2C(=O)O)o1. The molecule has 1 atom stereocenters. The van der Waals surface area contributed by atoms with E-state index in [2.05, 4.69) is 5.32 Å². The zero-order chi connectivity index (χ0) is 13.1. The highest BCUT2D eigenvalue weighted by Gasteiger charge is 2.34. The van der Waals surface area contributed by atoms with Crippen molar-refractivity contribution in [3.05, 3.63) is 23.7 Å². The van der Waals surface area contributed by atoms with Crippen LogP contribution in [0.15, 0.2) is 16.5 Å². The Balaban J connectivity index is 1.89. The Labute approximate surface area is 108 Å². The van der Waals surface area contributed by atoms with Crippen LogP contribution in [0.2, 0.25) is 0 Å². The van der Waals surface area contributed by atoms with E-state index in [-0.39, 0.29) is 12.6 Å². The van der Waals surface area contributed by atoms with Crippen LogP contribution in [0.25, 0.3) is 0 Å². The molecule has 0 aromatic carbocycles. The largest absolute Gasteiger partial charge is 0.480 e. The van der Waals surface area contributed by atoms with Crippen LogP contribution < -0.4 is 5.32 Å². The Hall–Kier alpha value is -1.63. The summed E-state index contributed by atoms with van der Waals surface area (Å²) in [6, 6.07) is 2.48. The van der Waals surface area contributed by atoms with Gasteiger partial charge in [0.05, 0.1) is 12.4 Å². The number of aliphatic carboxylic acids is 1. The average molecular weight is 270 g/mol. The number of furan rings is 1. The number of rotatable bonds is 3. The molecule has 2 N–H and O–H groups in total. The van der Waals surface area contributed by atoms with Crippen molar-refractivity contribution in [2.75, 3.05) is 11.6 Å². The van der Waals surface area contributed by atoms with Crippen molar-refractivity contribution in [1.29, 1.82) is 0 Å². The fourth-order valence-electron chi connectivity index (χ4n) is 1.69. The average Bonchev–Trinajstić information content (AvgIpc) is 2.94. The van der Waals surface area contributed by atoms with Gasteiger partial charge in [-0.1, -0.05) is 0 Å². The molecule has 1 aliphatic heterocycles. The molecule has 0 spiro atoms. The molecule has 1 aliphatic rings. The van der Waals surface area contributed by atoms with E-state index < -0.39 is 12.0 Å². The number of nitrogens with zero attached hydrogens (tertiary/aromatic N) is 1. The van der Waals surface area contributed by atoms with Gasteiger partial charge in [-0.15, -0.1) is 11.8 Å². The molecule has 0 saturated carbocycles. The van der Waals surface area contributed by atoms with Crippen molar-refractivity contribution in [1.82, 2.24) is 10.2 Å². The minimum Gasteiger partial charge on any atom is -0.480 e. The molecule has 7 heteroatoms. The van der Waals surface area contributed by atoms with Gasteiger partial charge in [0.25, 0.3) is 0 Å². The molecular formula is C11H14N2O4S. The molecule has 1 fully saturated rings. The van der Waals surface area contributed by atoms with Crippen LogP contribution in [0.4, 0.5) is 4.79 Å². The molecule has 0 bridgehead atoms. The third-order valence-corrected chi connectivity index (χ3v) is 3.65. The van der Waals surface area contributed by atoms with Crippen LogP contribution in [-0.2, 0) is 11.3 Å². The van der Waals surface area contributed by atoms with Crippen molar-refractivity contribution in [2.45, 2.75) is 19.5 Å². The molecule has 1 unspecified atom stereocenters. The van der Waals surface area contributed by atoms with E-state index in [0.717, 1.165) is 5.76 Å². The van der Waals surface area contributed by atoms with Gasteiger partial charge in [-0.25, -0.2) is 9.59 Å². The standard InChI is InChI=1S/C11H14N2O4S/c1-7-2-3-8(17-7)4-12-11(16)13-6-18-5-9(13)10(14)15/h2-3,9H,4-6H2,1H3,(H,12,16)(H,14,15). The van der Waals surface area contributed by atoms with Gasteiger partial charge >= 0.3 is 12.0 Å². The summed E-state index contributed by atoms with van der Waals surface area (Å²) in [5.41, 5.74) is 0. The molecule has 98 valence electrons. The highest BCUT2D eigenvalue weighted by Crippen LogP contribution is 2.21. The van der Waals surface area contributed by atoms with Crippen molar-refractivity contribution in [2.24, 2.45) is 0 Å². The normalized spacial score (nSPS) is 18.9. The van der Waals surface area contributed by atoms with Crippen LogP contribution in [0.1, 0.15) is 11.5 Å². The Morgan fingerprint density at radius 1 is 1.61 bits per heavy atom. The molecule has 0 radical (unpaired) electrons. The molecule has 1 aromatic rings. The predicted molar refractivity (Wildman–Crippen MR) is 66.3 cm³/mol. The van der Waals surface area contributed by atoms with Crippen LogP contribution in [0, 0.1) is 6.92 Å². The Morgan fingerprint density at radius 2 is 2.39 bits per heavy atom. The number of carbonyl (C=O) groups is 2. The second-order valence-electron chi connectivity index (χ2n) is 3.99. The minimum absolute atomic E-state index is 0.264. The van der Waals surface area contributed by atoms with Gasteiger partial charge in [-0.3, -0.25) is 0 Å². The van der Waals surface area contributed by atoms with E-state index in [9.17, 15) is 9.59 Å². The van der Waals surface area contributed by atoms with Crippen LogP contribution in [0.3, 0.4) is 0 Å². The number of amides is 2. The number of hydrogen-bond acceptors (Lipinski definition) is 4. The summed E-state index contributed by atoms with van der Waals surface area (Å²) >= 11 is 1.43. The van der Waals surface area contributed by atoms with Crippen molar-refractivity contribution in [3.8, 4) is 0 Å². The molecule has 2 rings (SSSR count). The van der Waals surface area contributed by atoms with E-state index in [1.165, 1.54) is 16.7 Å². The lowest BCUT2D eigenvalue weighted by molar-refractivity contribution is -0.140. The number of carboxylic acids is 1. The first-order valence-corrected chi connectivity index (χ1v) is 6.63. The molecular weight excluding hydrogens is 256 g/mol. The molecule has 1 saturated heterocycles. The summed E-state index contributed by atoms with van der Waals surface area (Å²) in [4.78, 5) is 24.1. The first kappa shape index (κ1) is 12.8. The van der Waals surface area contributed by atoms with Crippen LogP contribution >= 0.6 is 11.8 Å². The van der Waals surface area contributed by atoms with E-state index in [0.29, 0.717) is 17.4 Å². The maximum atomic E-state index is 11.8. The predicted octanol–water partition coefficient (Wildman–Crippen LogP) is 1.26. The molecule has 6 nitrogen and oxygen atoms in total. The number of nitrogens with one attached hydrogen (secondary N) is 1. The first-order valence-electron chi connectivity index (χ1n) is 5.48. The monoisotopic (exact) mass is 270 g/mol. The van der Waals surface area contributed by atoms with Crippen LogP contribution in [0.5, 0.6) is 0 Å². The first-order chi connectivity index (χ1) is 8.58. The Bertz CT molecular complexity index is 460. The van der Waals surface area contributed by atoms with Gasteiger partial charge in [0.1, 0.15) is 17.6 Å². The van der Waals surface area contributed by atoms with E-state index >= 15 is 0 Å². The summed E-state index contributed by atoms with van der Waals surface area (Å²) < 4.78 is 5.32. The zero-order valence-electron chi connectivity index (χ0n) is 9.88. The smallest absolute Gasteiger partial charge is 0.327 e. The van der Waals surface area contributed by atoms with Gasteiger partial charge in [-0.05, 0) is 19.1 Å². The van der Waals surface area contributed by atoms with Crippen LogP contribution in [-0.4, -0.2) is 39.7 Å². The van der Waals surface area contributed by atoms with Gasteiger partial charge < -0.3 is 19.7 Å². The van der Waals surface area contributed by atoms with E-state index in [1.807, 2.05) is 13.0 Å². The summed E-state index contributed by atoms with van der Waals surface area (Å²) in [5.74, 6) is 1.30. The lowest BCUT2D eigenvalue weighted by atomic mass is 10.3. The van der Waals surface area contributed by atoms with Gasteiger partial charge in [0.2, 0.25) is 0 Å².